The summed E-state index contributed by atoms with van der Waals surface area (Å²) in [6.07, 6.45) is 1.46. The summed E-state index contributed by atoms with van der Waals surface area (Å²) in [6.45, 7) is 0.963. The maximum atomic E-state index is 12.1. The third-order valence-electron chi connectivity index (χ3n) is 4.04. The normalized spacial score (nSPS) is 13.1. The van der Waals surface area contributed by atoms with Crippen LogP contribution in [0.15, 0.2) is 42.5 Å². The molecule has 0 unspecified atom stereocenters. The van der Waals surface area contributed by atoms with Gasteiger partial charge in [0.25, 0.3) is 11.7 Å². The van der Waals surface area contributed by atoms with Gasteiger partial charge in [0, 0.05) is 6.54 Å². The van der Waals surface area contributed by atoms with E-state index in [0.29, 0.717) is 35.8 Å². The van der Waals surface area contributed by atoms with Crippen LogP contribution in [-0.2, 0) is 4.79 Å². The molecule has 3 rings (SSSR count). The Morgan fingerprint density at radius 2 is 1.72 bits per heavy atom. The van der Waals surface area contributed by atoms with Crippen molar-refractivity contribution in [3.05, 3.63) is 53.1 Å². The molecule has 2 aromatic carbocycles. The molecule has 0 saturated heterocycles. The van der Waals surface area contributed by atoms with Crippen LogP contribution in [0, 0.1) is 0 Å². The number of Topliss-reactive ketones (excluding diaryl/α,β-unsaturated/α-hetero) is 1. The number of rotatable bonds is 7. The number of hydrogen-bond acceptors (Lipinski definition) is 4. The summed E-state index contributed by atoms with van der Waals surface area (Å²) < 4.78 is 10.8. The van der Waals surface area contributed by atoms with Crippen molar-refractivity contribution in [2.75, 3.05) is 25.2 Å². The Morgan fingerprint density at radius 3 is 2.44 bits per heavy atom. The van der Waals surface area contributed by atoms with Gasteiger partial charge in [0.1, 0.15) is 11.5 Å². The molecule has 1 aliphatic heterocycles. The first kappa shape index (κ1) is 17.3. The Balaban J connectivity index is 1.51. The molecule has 130 valence electrons. The van der Waals surface area contributed by atoms with Crippen molar-refractivity contribution in [2.45, 2.75) is 12.8 Å². The highest BCUT2D eigenvalue weighted by Crippen LogP contribution is 2.35. The van der Waals surface area contributed by atoms with Gasteiger partial charge in [0.15, 0.2) is 0 Å². The summed E-state index contributed by atoms with van der Waals surface area (Å²) in [5, 5.41) is 0.422. The van der Waals surface area contributed by atoms with E-state index in [1.54, 1.807) is 25.3 Å². The smallest absolute Gasteiger partial charge is 0.299 e. The van der Waals surface area contributed by atoms with Crippen LogP contribution >= 0.6 is 11.6 Å². The Morgan fingerprint density at radius 1 is 1.00 bits per heavy atom. The number of hydrogen-bond donors (Lipinski definition) is 0. The van der Waals surface area contributed by atoms with E-state index in [4.69, 9.17) is 21.1 Å². The number of fused-ring (bicyclic) bond motifs is 1. The molecular weight excluding hydrogens is 342 g/mol. The number of ether oxygens (including phenoxy) is 2. The first-order chi connectivity index (χ1) is 12.1. The highest BCUT2D eigenvalue weighted by molar-refractivity contribution is 6.54. The largest absolute Gasteiger partial charge is 0.497 e. The van der Waals surface area contributed by atoms with Crippen molar-refractivity contribution >= 4 is 29.0 Å². The van der Waals surface area contributed by atoms with Crippen molar-refractivity contribution in [2.24, 2.45) is 0 Å². The van der Waals surface area contributed by atoms with Gasteiger partial charge >= 0.3 is 0 Å². The maximum absolute atomic E-state index is 12.1. The van der Waals surface area contributed by atoms with Crippen molar-refractivity contribution in [1.82, 2.24) is 0 Å². The molecule has 0 aliphatic carbocycles. The van der Waals surface area contributed by atoms with E-state index in [-0.39, 0.29) is 0 Å². The molecule has 0 saturated carbocycles. The van der Waals surface area contributed by atoms with Crippen molar-refractivity contribution < 1.29 is 19.1 Å². The summed E-state index contributed by atoms with van der Waals surface area (Å²) in [6, 6.07) is 12.4. The lowest BCUT2D eigenvalue weighted by Gasteiger charge is -2.17. The zero-order valence-electron chi connectivity index (χ0n) is 13.8. The maximum Gasteiger partial charge on any atom is 0.299 e. The predicted octanol–water partition coefficient (Wildman–Crippen LogP) is 3.74. The van der Waals surface area contributed by atoms with Crippen LogP contribution in [0.4, 0.5) is 5.69 Å². The van der Waals surface area contributed by atoms with Crippen LogP contribution in [0.3, 0.4) is 0 Å². The van der Waals surface area contributed by atoms with E-state index in [9.17, 15) is 9.59 Å². The second-order valence-electron chi connectivity index (χ2n) is 5.65. The summed E-state index contributed by atoms with van der Waals surface area (Å²) in [4.78, 5) is 25.6. The van der Waals surface area contributed by atoms with Crippen LogP contribution in [0.5, 0.6) is 11.5 Å². The first-order valence-electron chi connectivity index (χ1n) is 8.03. The molecule has 0 radical (unpaired) electrons. The van der Waals surface area contributed by atoms with Crippen LogP contribution in [-0.4, -0.2) is 32.0 Å². The standard InChI is InChI=1S/C19H18ClNO4/c1-24-13-7-9-14(10-8-13)25-12-3-2-11-21-17-15(18(22)19(21)23)5-4-6-16(17)20/h4-10H,2-3,11-12H2,1H3. The van der Waals surface area contributed by atoms with Gasteiger partial charge in [0.2, 0.25) is 0 Å². The van der Waals surface area contributed by atoms with Gasteiger partial charge in [-0.1, -0.05) is 17.7 Å². The Hall–Kier alpha value is -2.53. The van der Waals surface area contributed by atoms with E-state index in [2.05, 4.69) is 0 Å². The van der Waals surface area contributed by atoms with Gasteiger partial charge < -0.3 is 14.4 Å². The lowest BCUT2D eigenvalue weighted by Crippen LogP contribution is -2.31. The Bertz CT molecular complexity index is 789. The fourth-order valence-corrected chi connectivity index (χ4v) is 3.04. The average Bonchev–Trinajstić information content (AvgIpc) is 2.88. The predicted molar refractivity (Wildman–Crippen MR) is 95.9 cm³/mol. The molecule has 6 heteroatoms. The van der Waals surface area contributed by atoms with E-state index in [0.717, 1.165) is 17.9 Å². The van der Waals surface area contributed by atoms with E-state index in [1.807, 2.05) is 24.3 Å². The molecule has 0 atom stereocenters. The molecule has 0 spiro atoms. The molecule has 0 bridgehead atoms. The molecule has 1 heterocycles. The van der Waals surface area contributed by atoms with Crippen LogP contribution in [0.1, 0.15) is 23.2 Å². The molecule has 0 aromatic heterocycles. The third kappa shape index (κ3) is 3.61. The lowest BCUT2D eigenvalue weighted by atomic mass is 10.1. The fourth-order valence-electron chi connectivity index (χ4n) is 2.76. The number of carbonyl (C=O) groups is 2. The summed E-state index contributed by atoms with van der Waals surface area (Å²) in [5.41, 5.74) is 0.905. The first-order valence-corrected chi connectivity index (χ1v) is 8.41. The van der Waals surface area contributed by atoms with Gasteiger partial charge in [0.05, 0.1) is 30.0 Å². The number of unbranched alkanes of at least 4 members (excludes halogenated alkanes) is 1. The van der Waals surface area contributed by atoms with Gasteiger partial charge in [-0.25, -0.2) is 0 Å². The molecule has 1 amide bonds. The summed E-state index contributed by atoms with van der Waals surface area (Å²) >= 11 is 6.16. The molecule has 0 N–H and O–H groups in total. The van der Waals surface area contributed by atoms with Crippen LogP contribution in [0.25, 0.3) is 0 Å². The number of benzene rings is 2. The summed E-state index contributed by atoms with van der Waals surface area (Å²) in [5.74, 6) is 0.535. The van der Waals surface area contributed by atoms with Gasteiger partial charge in [-0.2, -0.15) is 0 Å². The van der Waals surface area contributed by atoms with E-state index in [1.165, 1.54) is 4.90 Å². The van der Waals surface area contributed by atoms with Crippen LogP contribution in [0.2, 0.25) is 5.02 Å². The highest BCUT2D eigenvalue weighted by Gasteiger charge is 2.36. The SMILES string of the molecule is COc1ccc(OCCCCN2C(=O)C(=O)c3cccc(Cl)c32)cc1. The number of carbonyl (C=O) groups excluding carboxylic acids is 2. The minimum absolute atomic E-state index is 0.381. The van der Waals surface area contributed by atoms with E-state index >= 15 is 0 Å². The second kappa shape index (κ2) is 7.57. The number of methoxy groups -OCH3 is 1. The van der Waals surface area contributed by atoms with Crippen molar-refractivity contribution in [1.29, 1.82) is 0 Å². The van der Waals surface area contributed by atoms with Crippen molar-refractivity contribution in [3.63, 3.8) is 0 Å². The molecule has 1 aliphatic rings. The highest BCUT2D eigenvalue weighted by atomic mass is 35.5. The molecule has 2 aromatic rings. The lowest BCUT2D eigenvalue weighted by molar-refractivity contribution is -0.114. The Labute approximate surface area is 151 Å². The Kier molecular flexibility index (Phi) is 5.24. The average molecular weight is 360 g/mol. The zero-order valence-corrected chi connectivity index (χ0v) is 14.6. The number of para-hydroxylation sites is 1. The number of ketones is 1. The molecule has 0 fully saturated rings. The van der Waals surface area contributed by atoms with Gasteiger partial charge in [-0.3, -0.25) is 9.59 Å². The van der Waals surface area contributed by atoms with Gasteiger partial charge in [-0.15, -0.1) is 0 Å². The second-order valence-corrected chi connectivity index (χ2v) is 6.06. The number of halogens is 1. The number of anilines is 1. The number of nitrogens with zero attached hydrogens (tertiary/aromatic N) is 1. The monoisotopic (exact) mass is 359 g/mol. The van der Waals surface area contributed by atoms with Gasteiger partial charge in [-0.05, 0) is 49.2 Å². The molecular formula is C19H18ClNO4. The molecule has 5 nitrogen and oxygen atoms in total. The number of amides is 1. The van der Waals surface area contributed by atoms with E-state index < -0.39 is 11.7 Å². The van der Waals surface area contributed by atoms with Crippen molar-refractivity contribution in [3.8, 4) is 11.5 Å². The molecule has 25 heavy (non-hydrogen) atoms. The topological polar surface area (TPSA) is 55.8 Å². The third-order valence-corrected chi connectivity index (χ3v) is 4.35. The summed E-state index contributed by atoms with van der Waals surface area (Å²) in [7, 11) is 1.62. The fraction of sp³-hybridized carbons (Fsp3) is 0.263. The minimum atomic E-state index is -0.515. The zero-order chi connectivity index (χ0) is 17.8. The van der Waals surface area contributed by atoms with Crippen LogP contribution < -0.4 is 14.4 Å². The quantitative estimate of drug-likeness (QED) is 0.558. The minimum Gasteiger partial charge on any atom is -0.497 e.